The van der Waals surface area contributed by atoms with E-state index in [1.54, 1.807) is 18.2 Å². The largest absolute Gasteiger partial charge is 0.495 e. The maximum absolute atomic E-state index is 12.6. The Morgan fingerprint density at radius 3 is 2.00 bits per heavy atom. The monoisotopic (exact) mass is 304 g/mol. The van der Waals surface area contributed by atoms with Crippen molar-refractivity contribution >= 4 is 24.3 Å². The lowest BCUT2D eigenvalue weighted by Crippen LogP contribution is -2.41. The quantitative estimate of drug-likeness (QED) is 0.614. The first-order valence-corrected chi connectivity index (χ1v) is 7.04. The third-order valence-electron chi connectivity index (χ3n) is 3.65. The van der Waals surface area contributed by atoms with Crippen molar-refractivity contribution in [1.29, 1.82) is 0 Å². The summed E-state index contributed by atoms with van der Waals surface area (Å²) in [7, 11) is -0.786. The molecule has 0 unspecified atom stereocenters. The number of rotatable bonds is 2. The maximum atomic E-state index is 12.6. The molecule has 0 bridgehead atoms. The van der Waals surface area contributed by atoms with Gasteiger partial charge < -0.3 is 9.31 Å². The van der Waals surface area contributed by atoms with E-state index in [2.05, 4.69) is 0 Å². The van der Waals surface area contributed by atoms with Crippen LogP contribution in [-0.4, -0.2) is 23.8 Å². The molecule has 7 heteroatoms. The first-order chi connectivity index (χ1) is 9.02. The van der Waals surface area contributed by atoms with Crippen LogP contribution in [0.2, 0.25) is 0 Å². The summed E-state index contributed by atoms with van der Waals surface area (Å²) in [6, 6.07) is 6.29. The van der Waals surface area contributed by atoms with E-state index < -0.39 is 23.8 Å². The molecule has 0 aliphatic carbocycles. The molecule has 110 valence electrons. The van der Waals surface area contributed by atoms with Crippen molar-refractivity contribution in [3.63, 3.8) is 0 Å². The lowest BCUT2D eigenvalue weighted by atomic mass is 9.79. The molecule has 0 aromatic heterocycles. The second kappa shape index (κ2) is 4.96. The molecule has 2 rings (SSSR count). The first-order valence-electron chi connectivity index (χ1n) is 6.22. The summed E-state index contributed by atoms with van der Waals surface area (Å²) < 4.78 is 49.4. The third-order valence-corrected chi connectivity index (χ3v) is 4.48. The Morgan fingerprint density at radius 2 is 1.50 bits per heavy atom. The molecule has 0 N–H and O–H groups in total. The van der Waals surface area contributed by atoms with Gasteiger partial charge in [-0.25, -0.2) is 0 Å². The van der Waals surface area contributed by atoms with Gasteiger partial charge in [0.1, 0.15) is 0 Å². The third kappa shape index (κ3) is 3.15. The van der Waals surface area contributed by atoms with Crippen LogP contribution >= 0.6 is 11.8 Å². The van der Waals surface area contributed by atoms with E-state index in [0.717, 1.165) is 0 Å². The van der Waals surface area contributed by atoms with E-state index in [9.17, 15) is 13.2 Å². The van der Waals surface area contributed by atoms with Crippen LogP contribution in [0.25, 0.3) is 0 Å². The average molecular weight is 304 g/mol. The summed E-state index contributed by atoms with van der Waals surface area (Å²) >= 11 is -0.146. The summed E-state index contributed by atoms with van der Waals surface area (Å²) in [4.78, 5) is 0.110. The molecule has 1 heterocycles. The highest BCUT2D eigenvalue weighted by Crippen LogP contribution is 2.39. The van der Waals surface area contributed by atoms with Crippen LogP contribution in [0, 0.1) is 0 Å². The van der Waals surface area contributed by atoms with Gasteiger partial charge >= 0.3 is 12.6 Å². The normalized spacial score (nSPS) is 21.2. The molecule has 20 heavy (non-hydrogen) atoms. The molecular formula is C13H16BF3O2S. The number of hydrogen-bond acceptors (Lipinski definition) is 3. The van der Waals surface area contributed by atoms with Gasteiger partial charge in [0.05, 0.1) is 11.2 Å². The van der Waals surface area contributed by atoms with E-state index in [4.69, 9.17) is 9.31 Å². The van der Waals surface area contributed by atoms with Gasteiger partial charge in [0.2, 0.25) is 0 Å². The van der Waals surface area contributed by atoms with Crippen LogP contribution < -0.4 is 5.46 Å². The molecule has 1 aromatic carbocycles. The minimum Gasteiger partial charge on any atom is -0.399 e. The van der Waals surface area contributed by atoms with Gasteiger partial charge in [0.25, 0.3) is 0 Å². The van der Waals surface area contributed by atoms with E-state index in [0.29, 0.717) is 5.46 Å². The van der Waals surface area contributed by atoms with Gasteiger partial charge in [-0.1, -0.05) is 18.2 Å². The Morgan fingerprint density at radius 1 is 1.00 bits per heavy atom. The summed E-state index contributed by atoms with van der Waals surface area (Å²) in [5, 5.41) is 0. The minimum absolute atomic E-state index is 0.110. The Bertz CT molecular complexity index is 487. The predicted octanol–water partition coefficient (Wildman–Crippen LogP) is 3.60. The lowest BCUT2D eigenvalue weighted by molar-refractivity contribution is -0.0327. The van der Waals surface area contributed by atoms with Crippen molar-refractivity contribution in [3.8, 4) is 0 Å². The summed E-state index contributed by atoms with van der Waals surface area (Å²) in [6.45, 7) is 7.47. The highest BCUT2D eigenvalue weighted by molar-refractivity contribution is 8.00. The van der Waals surface area contributed by atoms with Crippen molar-refractivity contribution in [2.24, 2.45) is 0 Å². The molecule has 0 atom stereocenters. The Kier molecular flexibility index (Phi) is 3.90. The molecule has 1 fully saturated rings. The zero-order valence-electron chi connectivity index (χ0n) is 11.7. The molecule has 0 saturated carbocycles. The smallest absolute Gasteiger partial charge is 0.399 e. The zero-order chi connectivity index (χ0) is 15.2. The predicted molar refractivity (Wildman–Crippen MR) is 74.1 cm³/mol. The second-order valence-electron chi connectivity index (χ2n) is 5.67. The number of alkyl halides is 3. The molecule has 1 aliphatic heterocycles. The van der Waals surface area contributed by atoms with Crippen molar-refractivity contribution in [3.05, 3.63) is 24.3 Å². The van der Waals surface area contributed by atoms with Gasteiger partial charge in [0, 0.05) is 4.90 Å². The topological polar surface area (TPSA) is 18.5 Å². The van der Waals surface area contributed by atoms with E-state index >= 15 is 0 Å². The standard InChI is InChI=1S/C13H16BF3O2S/c1-11(2)12(3,4)19-14(18-11)9-7-5-6-8-10(9)20-13(15,16)17/h5-8H,1-4H3. The fourth-order valence-corrected chi connectivity index (χ4v) is 2.54. The molecular weight excluding hydrogens is 288 g/mol. The van der Waals surface area contributed by atoms with Crippen molar-refractivity contribution < 1.29 is 22.5 Å². The number of hydrogen-bond donors (Lipinski definition) is 0. The van der Waals surface area contributed by atoms with Gasteiger partial charge in [0.15, 0.2) is 0 Å². The SMILES string of the molecule is CC1(C)OB(c2ccccc2SC(F)(F)F)OC1(C)C. The fourth-order valence-electron chi connectivity index (χ4n) is 1.86. The van der Waals surface area contributed by atoms with Crippen LogP contribution in [0.4, 0.5) is 13.2 Å². The highest BCUT2D eigenvalue weighted by atomic mass is 32.2. The Hall–Kier alpha value is -0.655. The van der Waals surface area contributed by atoms with Crippen molar-refractivity contribution in [2.45, 2.75) is 49.3 Å². The molecule has 2 nitrogen and oxygen atoms in total. The highest BCUT2D eigenvalue weighted by Gasteiger charge is 2.52. The summed E-state index contributed by atoms with van der Waals surface area (Å²) in [5.41, 5.74) is -5.07. The Labute approximate surface area is 121 Å². The van der Waals surface area contributed by atoms with Crippen LogP contribution in [0.3, 0.4) is 0 Å². The first kappa shape index (κ1) is 15.7. The fraction of sp³-hybridized carbons (Fsp3) is 0.538. The maximum Gasteiger partial charge on any atom is 0.495 e. The van der Waals surface area contributed by atoms with Crippen LogP contribution in [0.15, 0.2) is 29.2 Å². The average Bonchev–Trinajstić information content (AvgIpc) is 2.46. The number of halogens is 3. The number of benzene rings is 1. The molecule has 1 aliphatic rings. The van der Waals surface area contributed by atoms with E-state index in [1.165, 1.54) is 6.07 Å². The van der Waals surface area contributed by atoms with E-state index in [-0.39, 0.29) is 16.7 Å². The zero-order valence-corrected chi connectivity index (χ0v) is 12.6. The van der Waals surface area contributed by atoms with Crippen molar-refractivity contribution in [2.75, 3.05) is 0 Å². The van der Waals surface area contributed by atoms with Gasteiger partial charge in [-0.05, 0) is 51.0 Å². The molecule has 0 spiro atoms. The van der Waals surface area contributed by atoms with Crippen molar-refractivity contribution in [1.82, 2.24) is 0 Å². The van der Waals surface area contributed by atoms with Gasteiger partial charge in [-0.15, -0.1) is 0 Å². The summed E-state index contributed by atoms with van der Waals surface area (Å²) in [6.07, 6.45) is 0. The molecule has 0 amide bonds. The van der Waals surface area contributed by atoms with Crippen LogP contribution in [0.5, 0.6) is 0 Å². The van der Waals surface area contributed by atoms with Crippen LogP contribution in [0.1, 0.15) is 27.7 Å². The minimum atomic E-state index is -4.33. The molecule has 1 saturated heterocycles. The van der Waals surface area contributed by atoms with Crippen LogP contribution in [-0.2, 0) is 9.31 Å². The second-order valence-corrected chi connectivity index (χ2v) is 6.78. The summed E-state index contributed by atoms with van der Waals surface area (Å²) in [5.74, 6) is 0. The number of thioether (sulfide) groups is 1. The van der Waals surface area contributed by atoms with Gasteiger partial charge in [-0.3, -0.25) is 0 Å². The lowest BCUT2D eigenvalue weighted by Gasteiger charge is -2.32. The van der Waals surface area contributed by atoms with E-state index in [1.807, 2.05) is 27.7 Å². The Balaban J connectivity index is 2.31. The molecule has 1 aromatic rings. The van der Waals surface area contributed by atoms with Gasteiger partial charge in [-0.2, -0.15) is 13.2 Å². The molecule has 0 radical (unpaired) electrons.